The lowest BCUT2D eigenvalue weighted by Crippen LogP contribution is -2.25. The molecule has 0 unspecified atom stereocenters. The third-order valence-corrected chi connectivity index (χ3v) is 6.08. The Morgan fingerprint density at radius 1 is 1.07 bits per heavy atom. The van der Waals surface area contributed by atoms with E-state index in [0.717, 1.165) is 0 Å². The molecule has 0 spiro atoms. The van der Waals surface area contributed by atoms with E-state index in [1.807, 2.05) is 6.07 Å². The third-order valence-electron chi connectivity index (χ3n) is 5.57. The van der Waals surface area contributed by atoms with Gasteiger partial charge in [0.05, 0.1) is 29.5 Å². The molecule has 0 aliphatic carbocycles. The number of rotatable bonds is 7. The molecule has 44 heavy (non-hydrogen) atoms. The number of hydrogen-bond donors (Lipinski definition) is 4. The summed E-state index contributed by atoms with van der Waals surface area (Å²) in [6, 6.07) is 14.1. The van der Waals surface area contributed by atoms with Crippen molar-refractivity contribution in [3.8, 4) is 23.3 Å². The summed E-state index contributed by atoms with van der Waals surface area (Å²) in [5.74, 6) is -4.12. The zero-order valence-electron chi connectivity index (χ0n) is 22.5. The second-order valence-electron chi connectivity index (χ2n) is 8.69. The number of aliphatic carboxylic acids is 1. The molecule has 4 N–H and O–H groups in total. The molecular formula is C28H20Cl2F4N4O6. The van der Waals surface area contributed by atoms with Crippen molar-refractivity contribution in [1.29, 1.82) is 5.26 Å². The molecule has 0 saturated heterocycles. The number of hydrogen-bond acceptors (Lipinski definition) is 6. The van der Waals surface area contributed by atoms with Crippen LogP contribution in [0.5, 0.6) is 17.2 Å². The molecule has 1 heterocycles. The normalized spacial score (nSPS) is 10.7. The van der Waals surface area contributed by atoms with E-state index in [-0.39, 0.29) is 56.5 Å². The number of ether oxygens (including phenoxy) is 2. The largest absolute Gasteiger partial charge is 0.497 e. The van der Waals surface area contributed by atoms with Crippen LogP contribution >= 0.6 is 23.2 Å². The molecule has 2 amide bonds. The lowest BCUT2D eigenvalue weighted by Gasteiger charge is -2.13. The van der Waals surface area contributed by atoms with Crippen molar-refractivity contribution in [2.45, 2.75) is 19.6 Å². The fraction of sp³-hybridized carbons (Fsp3) is 0.143. The van der Waals surface area contributed by atoms with Crippen molar-refractivity contribution in [2.75, 3.05) is 12.4 Å². The standard InChI is InChI=1S/C26H19Cl2FN4O4.C2HF3O2/c1-13(34)32-23-19-10-17(36-2)4-6-21(19)33-24(23)26(35)31-12-15-3-5-20(28)25(22(15)29)37-18-8-14(11-30)7-16(27)9-18;3-2(4,5)1(6)7/h3-10,33H,12H2,1-2H3,(H,31,35)(H,32,34);(H,6,7). The SMILES string of the molecule is COc1ccc2[nH]c(C(=O)NCc3ccc(Cl)c(Oc4cc(Cl)cc(C#N)c4)c3F)c(NC(C)=O)c2c1.O=C(O)C(F)(F)F. The quantitative estimate of drug-likeness (QED) is 0.160. The number of fused-ring (bicyclic) bond motifs is 1. The predicted octanol–water partition coefficient (Wildman–Crippen LogP) is 6.81. The highest BCUT2D eigenvalue weighted by molar-refractivity contribution is 6.32. The second-order valence-corrected chi connectivity index (χ2v) is 9.54. The van der Waals surface area contributed by atoms with E-state index in [4.69, 9.17) is 47.8 Å². The average molecular weight is 655 g/mol. The smallest absolute Gasteiger partial charge is 0.490 e. The van der Waals surface area contributed by atoms with E-state index >= 15 is 4.39 Å². The number of nitrogens with one attached hydrogen (secondary N) is 3. The summed E-state index contributed by atoms with van der Waals surface area (Å²) in [6.45, 7) is 1.11. The number of aromatic amines is 1. The number of carboxylic acid groups (broad SMARTS) is 1. The first kappa shape index (κ1) is 33.5. The van der Waals surface area contributed by atoms with E-state index in [2.05, 4.69) is 15.6 Å². The van der Waals surface area contributed by atoms with Gasteiger partial charge in [-0.1, -0.05) is 29.3 Å². The van der Waals surface area contributed by atoms with Gasteiger partial charge in [0.15, 0.2) is 11.6 Å². The zero-order valence-corrected chi connectivity index (χ0v) is 24.0. The number of nitrogens with zero attached hydrogens (tertiary/aromatic N) is 1. The van der Waals surface area contributed by atoms with Crippen molar-refractivity contribution in [1.82, 2.24) is 10.3 Å². The number of amides is 2. The van der Waals surface area contributed by atoms with Gasteiger partial charge in [0.25, 0.3) is 5.91 Å². The molecule has 0 aliphatic rings. The van der Waals surface area contributed by atoms with Crippen molar-refractivity contribution >= 4 is 57.6 Å². The highest BCUT2D eigenvalue weighted by atomic mass is 35.5. The molecule has 0 saturated carbocycles. The van der Waals surface area contributed by atoms with Gasteiger partial charge in [-0.05, 0) is 42.5 Å². The molecule has 0 bridgehead atoms. The van der Waals surface area contributed by atoms with Crippen LogP contribution in [0.25, 0.3) is 10.9 Å². The Morgan fingerprint density at radius 2 is 1.75 bits per heavy atom. The highest BCUT2D eigenvalue weighted by Crippen LogP contribution is 2.36. The number of nitriles is 1. The van der Waals surface area contributed by atoms with Crippen LogP contribution in [0, 0.1) is 17.1 Å². The van der Waals surface area contributed by atoms with Gasteiger partial charge < -0.3 is 30.2 Å². The first-order chi connectivity index (χ1) is 20.6. The number of methoxy groups -OCH3 is 1. The van der Waals surface area contributed by atoms with Crippen LogP contribution in [-0.2, 0) is 16.1 Å². The first-order valence-corrected chi connectivity index (χ1v) is 12.8. The van der Waals surface area contributed by atoms with Crippen LogP contribution in [-0.4, -0.2) is 41.2 Å². The minimum atomic E-state index is -5.08. The number of carboxylic acids is 1. The second kappa shape index (κ2) is 14.0. The maximum absolute atomic E-state index is 15.3. The Morgan fingerprint density at radius 3 is 2.34 bits per heavy atom. The van der Waals surface area contributed by atoms with Crippen LogP contribution in [0.1, 0.15) is 28.5 Å². The minimum absolute atomic E-state index is 0.0106. The molecule has 3 aromatic carbocycles. The van der Waals surface area contributed by atoms with Crippen molar-refractivity contribution in [2.24, 2.45) is 0 Å². The predicted molar refractivity (Wildman–Crippen MR) is 152 cm³/mol. The minimum Gasteiger partial charge on any atom is -0.497 e. The molecule has 0 atom stereocenters. The van der Waals surface area contributed by atoms with Gasteiger partial charge in [-0.15, -0.1) is 0 Å². The monoisotopic (exact) mass is 654 g/mol. The van der Waals surface area contributed by atoms with Crippen molar-refractivity contribution in [3.63, 3.8) is 0 Å². The Balaban J connectivity index is 0.000000676. The van der Waals surface area contributed by atoms with E-state index in [1.54, 1.807) is 18.2 Å². The summed E-state index contributed by atoms with van der Waals surface area (Å²) in [4.78, 5) is 36.7. The van der Waals surface area contributed by atoms with Gasteiger partial charge in [0, 0.05) is 35.0 Å². The fourth-order valence-corrected chi connectivity index (χ4v) is 4.06. The van der Waals surface area contributed by atoms with E-state index < -0.39 is 23.9 Å². The summed E-state index contributed by atoms with van der Waals surface area (Å²) in [5.41, 5.74) is 1.28. The summed E-state index contributed by atoms with van der Waals surface area (Å²) >= 11 is 12.2. The van der Waals surface area contributed by atoms with Crippen LogP contribution in [0.2, 0.25) is 10.0 Å². The number of alkyl halides is 3. The van der Waals surface area contributed by atoms with Crippen LogP contribution in [0.15, 0.2) is 48.5 Å². The van der Waals surface area contributed by atoms with Crippen molar-refractivity contribution < 1.29 is 46.5 Å². The maximum Gasteiger partial charge on any atom is 0.490 e. The average Bonchev–Trinajstić information content (AvgIpc) is 3.31. The number of carbonyl (C=O) groups excluding carboxylic acids is 2. The molecule has 0 fully saturated rings. The molecule has 4 rings (SSSR count). The Hall–Kier alpha value is -5.00. The summed E-state index contributed by atoms with van der Waals surface area (Å²) in [7, 11) is 1.51. The number of aromatic nitrogens is 1. The highest BCUT2D eigenvalue weighted by Gasteiger charge is 2.38. The molecule has 0 aliphatic heterocycles. The van der Waals surface area contributed by atoms with Crippen molar-refractivity contribution in [3.05, 3.63) is 81.2 Å². The van der Waals surface area contributed by atoms with Gasteiger partial charge in [-0.25, -0.2) is 9.18 Å². The summed E-state index contributed by atoms with van der Waals surface area (Å²) in [5, 5.41) is 22.4. The molecule has 16 heteroatoms. The van der Waals surface area contributed by atoms with Gasteiger partial charge in [0.1, 0.15) is 17.2 Å². The van der Waals surface area contributed by atoms with Crippen LogP contribution < -0.4 is 20.1 Å². The fourth-order valence-electron chi connectivity index (χ4n) is 3.65. The zero-order chi connectivity index (χ0) is 32.8. The van der Waals surface area contributed by atoms with E-state index in [0.29, 0.717) is 16.7 Å². The van der Waals surface area contributed by atoms with Gasteiger partial charge in [0.2, 0.25) is 5.91 Å². The number of benzene rings is 3. The summed E-state index contributed by atoms with van der Waals surface area (Å²) < 4.78 is 57.9. The molecule has 4 aromatic rings. The summed E-state index contributed by atoms with van der Waals surface area (Å²) in [6.07, 6.45) is -5.08. The number of carbonyl (C=O) groups is 3. The Kier molecular flexibility index (Phi) is 10.6. The third kappa shape index (κ3) is 8.30. The van der Waals surface area contributed by atoms with E-state index in [9.17, 15) is 22.8 Å². The van der Waals surface area contributed by atoms with Gasteiger partial charge in [-0.3, -0.25) is 9.59 Å². The molecule has 10 nitrogen and oxygen atoms in total. The number of halogens is 6. The molecule has 1 aromatic heterocycles. The lowest BCUT2D eigenvalue weighted by atomic mass is 10.1. The van der Waals surface area contributed by atoms with Crippen LogP contribution in [0.4, 0.5) is 23.2 Å². The maximum atomic E-state index is 15.3. The van der Waals surface area contributed by atoms with Gasteiger partial charge >= 0.3 is 12.1 Å². The van der Waals surface area contributed by atoms with Gasteiger partial charge in [-0.2, -0.15) is 18.4 Å². The molecular weight excluding hydrogens is 635 g/mol. The topological polar surface area (TPSA) is 154 Å². The first-order valence-electron chi connectivity index (χ1n) is 12.1. The van der Waals surface area contributed by atoms with E-state index in [1.165, 1.54) is 44.4 Å². The van der Waals surface area contributed by atoms with Crippen LogP contribution in [0.3, 0.4) is 0 Å². The number of anilines is 1. The Labute approximate surface area is 256 Å². The Bertz CT molecular complexity index is 1790. The molecule has 0 radical (unpaired) electrons. The lowest BCUT2D eigenvalue weighted by molar-refractivity contribution is -0.192. The molecule has 230 valence electrons. The number of H-pyrrole nitrogens is 1.